The van der Waals surface area contributed by atoms with Gasteiger partial charge in [0.15, 0.2) is 0 Å². The van der Waals surface area contributed by atoms with E-state index in [2.05, 4.69) is 22.8 Å². The lowest BCUT2D eigenvalue weighted by Gasteiger charge is -2.30. The fourth-order valence-electron chi connectivity index (χ4n) is 2.76. The quantitative estimate of drug-likeness (QED) is 0.691. The molecule has 1 aromatic carbocycles. The zero-order valence-electron chi connectivity index (χ0n) is 13.6. The molecule has 0 saturated heterocycles. The predicted octanol–water partition coefficient (Wildman–Crippen LogP) is 2.86. The van der Waals surface area contributed by atoms with Gasteiger partial charge in [-0.25, -0.2) is 4.79 Å². The number of urea groups is 1. The van der Waals surface area contributed by atoms with Crippen LogP contribution in [0, 0.1) is 5.92 Å². The number of carbonyl (C=O) groups is 1. The standard InChI is InChI=1S/C18H28N2O2/c1-3-18(2,11-12-21)20-17(22)19-16(15-9-10-15)13-14-7-5-4-6-8-14/h4-8,15-16,21H,3,9-13H2,1-2H3,(H2,19,20,22). The first-order chi connectivity index (χ1) is 10.6. The Balaban J connectivity index is 1.92. The summed E-state index contributed by atoms with van der Waals surface area (Å²) in [6.45, 7) is 4.09. The molecule has 0 aromatic heterocycles. The highest BCUT2D eigenvalue weighted by atomic mass is 16.3. The number of nitrogens with one attached hydrogen (secondary N) is 2. The van der Waals surface area contributed by atoms with Crippen LogP contribution in [0.25, 0.3) is 0 Å². The number of aliphatic hydroxyl groups excluding tert-OH is 1. The lowest BCUT2D eigenvalue weighted by atomic mass is 9.95. The smallest absolute Gasteiger partial charge is 0.315 e. The number of carbonyl (C=O) groups excluding carboxylic acids is 1. The van der Waals surface area contributed by atoms with E-state index in [0.29, 0.717) is 12.3 Å². The third kappa shape index (κ3) is 5.02. The highest BCUT2D eigenvalue weighted by molar-refractivity contribution is 5.75. The Bertz CT molecular complexity index is 473. The van der Waals surface area contributed by atoms with Crippen molar-refractivity contribution in [3.8, 4) is 0 Å². The zero-order chi connectivity index (χ0) is 16.0. The SMILES string of the molecule is CCC(C)(CCO)NC(=O)NC(Cc1ccccc1)C1CC1. The van der Waals surface area contributed by atoms with Gasteiger partial charge in [0.1, 0.15) is 0 Å². The predicted molar refractivity (Wildman–Crippen MR) is 88.7 cm³/mol. The van der Waals surface area contributed by atoms with Crippen LogP contribution in [0.2, 0.25) is 0 Å². The summed E-state index contributed by atoms with van der Waals surface area (Å²) in [4.78, 5) is 12.3. The van der Waals surface area contributed by atoms with E-state index in [1.165, 1.54) is 18.4 Å². The molecule has 1 aliphatic rings. The highest BCUT2D eigenvalue weighted by Gasteiger charge is 2.33. The normalized spacial score (nSPS) is 18.3. The number of hydrogen-bond acceptors (Lipinski definition) is 2. The van der Waals surface area contributed by atoms with Crippen LogP contribution in [-0.2, 0) is 6.42 Å². The summed E-state index contributed by atoms with van der Waals surface area (Å²) in [5.41, 5.74) is 0.910. The Hall–Kier alpha value is -1.55. The van der Waals surface area contributed by atoms with E-state index in [1.807, 2.05) is 32.0 Å². The number of benzene rings is 1. The maximum atomic E-state index is 12.3. The molecule has 22 heavy (non-hydrogen) atoms. The van der Waals surface area contributed by atoms with E-state index in [1.54, 1.807) is 0 Å². The van der Waals surface area contributed by atoms with Crippen molar-refractivity contribution in [1.29, 1.82) is 0 Å². The Morgan fingerprint density at radius 1 is 1.36 bits per heavy atom. The van der Waals surface area contributed by atoms with E-state index in [0.717, 1.165) is 12.8 Å². The molecular weight excluding hydrogens is 276 g/mol. The molecule has 2 rings (SSSR count). The fourth-order valence-corrected chi connectivity index (χ4v) is 2.76. The summed E-state index contributed by atoms with van der Waals surface area (Å²) in [6.07, 6.45) is 4.64. The molecule has 1 saturated carbocycles. The van der Waals surface area contributed by atoms with Gasteiger partial charge in [-0.15, -0.1) is 0 Å². The van der Waals surface area contributed by atoms with E-state index in [4.69, 9.17) is 5.11 Å². The molecule has 4 nitrogen and oxygen atoms in total. The minimum atomic E-state index is -0.348. The maximum Gasteiger partial charge on any atom is 0.315 e. The monoisotopic (exact) mass is 304 g/mol. The van der Waals surface area contributed by atoms with Crippen LogP contribution in [0.4, 0.5) is 4.79 Å². The Morgan fingerprint density at radius 2 is 2.05 bits per heavy atom. The van der Waals surface area contributed by atoms with E-state index >= 15 is 0 Å². The van der Waals surface area contributed by atoms with Gasteiger partial charge in [-0.05, 0) is 50.5 Å². The van der Waals surface area contributed by atoms with Crippen LogP contribution >= 0.6 is 0 Å². The molecule has 4 heteroatoms. The number of amides is 2. The molecule has 2 atom stereocenters. The van der Waals surface area contributed by atoms with Crippen molar-refractivity contribution in [3.63, 3.8) is 0 Å². The van der Waals surface area contributed by atoms with Gasteiger partial charge < -0.3 is 15.7 Å². The lowest BCUT2D eigenvalue weighted by Crippen LogP contribution is -2.53. The number of rotatable bonds is 8. The van der Waals surface area contributed by atoms with Crippen molar-refractivity contribution in [1.82, 2.24) is 10.6 Å². The third-order valence-electron chi connectivity index (χ3n) is 4.67. The van der Waals surface area contributed by atoms with Gasteiger partial charge in [0.25, 0.3) is 0 Å². The first kappa shape index (κ1) is 16.8. The van der Waals surface area contributed by atoms with Gasteiger partial charge in [0, 0.05) is 18.2 Å². The van der Waals surface area contributed by atoms with Crippen molar-refractivity contribution in [3.05, 3.63) is 35.9 Å². The molecule has 1 aromatic rings. The lowest BCUT2D eigenvalue weighted by molar-refractivity contribution is 0.197. The van der Waals surface area contributed by atoms with Gasteiger partial charge in [-0.2, -0.15) is 0 Å². The largest absolute Gasteiger partial charge is 0.396 e. The molecule has 0 heterocycles. The van der Waals surface area contributed by atoms with Crippen molar-refractivity contribution >= 4 is 6.03 Å². The molecule has 1 aliphatic carbocycles. The van der Waals surface area contributed by atoms with Crippen LogP contribution < -0.4 is 10.6 Å². The minimum Gasteiger partial charge on any atom is -0.396 e. The minimum absolute atomic E-state index is 0.0840. The van der Waals surface area contributed by atoms with Crippen molar-refractivity contribution in [2.45, 2.75) is 57.5 Å². The summed E-state index contributed by atoms with van der Waals surface area (Å²) in [5.74, 6) is 0.594. The van der Waals surface area contributed by atoms with Crippen LogP contribution in [0.5, 0.6) is 0 Å². The second kappa shape index (κ2) is 7.63. The molecular formula is C18H28N2O2. The summed E-state index contributed by atoms with van der Waals surface area (Å²) >= 11 is 0. The molecule has 0 spiro atoms. The van der Waals surface area contributed by atoms with Gasteiger partial charge in [0.05, 0.1) is 0 Å². The van der Waals surface area contributed by atoms with Crippen LogP contribution in [0.15, 0.2) is 30.3 Å². The molecule has 0 aliphatic heterocycles. The van der Waals surface area contributed by atoms with Crippen molar-refractivity contribution in [2.75, 3.05) is 6.61 Å². The summed E-state index contributed by atoms with van der Waals surface area (Å²) < 4.78 is 0. The van der Waals surface area contributed by atoms with E-state index < -0.39 is 0 Å². The zero-order valence-corrected chi connectivity index (χ0v) is 13.6. The van der Waals surface area contributed by atoms with Crippen molar-refractivity contribution < 1.29 is 9.90 Å². The number of hydrogen-bond donors (Lipinski definition) is 3. The molecule has 3 N–H and O–H groups in total. The average molecular weight is 304 g/mol. The maximum absolute atomic E-state index is 12.3. The second-order valence-corrected chi connectivity index (χ2v) is 6.62. The van der Waals surface area contributed by atoms with E-state index in [-0.39, 0.29) is 24.2 Å². The third-order valence-corrected chi connectivity index (χ3v) is 4.67. The van der Waals surface area contributed by atoms with Gasteiger partial charge >= 0.3 is 6.03 Å². The second-order valence-electron chi connectivity index (χ2n) is 6.62. The topological polar surface area (TPSA) is 61.4 Å². The van der Waals surface area contributed by atoms with Gasteiger partial charge in [0.2, 0.25) is 0 Å². The van der Waals surface area contributed by atoms with Gasteiger partial charge in [-0.3, -0.25) is 0 Å². The molecule has 0 bridgehead atoms. The molecule has 2 unspecified atom stereocenters. The Labute approximate surface area is 133 Å². The Morgan fingerprint density at radius 3 is 2.59 bits per heavy atom. The molecule has 122 valence electrons. The number of aliphatic hydroxyl groups is 1. The van der Waals surface area contributed by atoms with Crippen LogP contribution in [-0.4, -0.2) is 29.3 Å². The van der Waals surface area contributed by atoms with Crippen molar-refractivity contribution in [2.24, 2.45) is 5.92 Å². The van der Waals surface area contributed by atoms with Crippen LogP contribution in [0.1, 0.15) is 45.1 Å². The average Bonchev–Trinajstić information content (AvgIpc) is 3.32. The first-order valence-electron chi connectivity index (χ1n) is 8.30. The Kier molecular flexibility index (Phi) is 5.83. The molecule has 0 radical (unpaired) electrons. The summed E-state index contributed by atoms with van der Waals surface area (Å²) in [6, 6.07) is 10.4. The van der Waals surface area contributed by atoms with Gasteiger partial charge in [-0.1, -0.05) is 37.3 Å². The summed E-state index contributed by atoms with van der Waals surface area (Å²) in [5, 5.41) is 15.3. The highest BCUT2D eigenvalue weighted by Crippen LogP contribution is 2.34. The first-order valence-corrected chi connectivity index (χ1v) is 8.30. The van der Waals surface area contributed by atoms with E-state index in [9.17, 15) is 4.79 Å². The summed E-state index contributed by atoms with van der Waals surface area (Å²) in [7, 11) is 0. The van der Waals surface area contributed by atoms with Crippen LogP contribution in [0.3, 0.4) is 0 Å². The molecule has 1 fully saturated rings. The fraction of sp³-hybridized carbons (Fsp3) is 0.611. The molecule has 2 amide bonds.